The summed E-state index contributed by atoms with van der Waals surface area (Å²) in [4.78, 5) is 0.290. The third-order valence-corrected chi connectivity index (χ3v) is 3.25. The van der Waals surface area contributed by atoms with Crippen molar-refractivity contribution in [1.82, 2.24) is 0 Å². The van der Waals surface area contributed by atoms with Crippen molar-refractivity contribution in [2.45, 2.75) is 23.8 Å². The van der Waals surface area contributed by atoms with Crippen molar-refractivity contribution < 1.29 is 13.2 Å². The molecule has 1 aromatic carbocycles. The molecule has 1 aliphatic rings. The van der Waals surface area contributed by atoms with E-state index in [1.807, 2.05) is 0 Å². The summed E-state index contributed by atoms with van der Waals surface area (Å²) in [7, 11) is -2.51. The Kier molecular flexibility index (Phi) is 3.79. The van der Waals surface area contributed by atoms with E-state index in [1.165, 1.54) is 6.07 Å². The van der Waals surface area contributed by atoms with Crippen LogP contribution in [0.1, 0.15) is 12.8 Å². The summed E-state index contributed by atoms with van der Waals surface area (Å²) in [6.45, 7) is 1.59. The molecule has 1 heterocycles. The molecule has 0 amide bonds. The van der Waals surface area contributed by atoms with E-state index in [1.54, 1.807) is 12.1 Å². The Labute approximate surface area is 96.6 Å². The van der Waals surface area contributed by atoms with Gasteiger partial charge in [-0.2, -0.15) is 0 Å². The lowest BCUT2D eigenvalue weighted by Gasteiger charge is -2.11. The fourth-order valence-corrected chi connectivity index (χ4v) is 2.04. The van der Waals surface area contributed by atoms with Gasteiger partial charge < -0.3 is 10.1 Å². The van der Waals surface area contributed by atoms with Gasteiger partial charge in [-0.25, -0.2) is 8.42 Å². The maximum Gasteiger partial charge on any atom is 0.168 e. The minimum Gasteiger partial charge on any atom is -0.382 e. The Balaban J connectivity index is 1.89. The SMILES string of the molecule is O=[SH](=O)c1c[c]c(NCC2CCCO2)cc1. The summed E-state index contributed by atoms with van der Waals surface area (Å²) < 4.78 is 26.8. The van der Waals surface area contributed by atoms with E-state index < -0.39 is 10.7 Å². The van der Waals surface area contributed by atoms with E-state index >= 15 is 0 Å². The Morgan fingerprint density at radius 2 is 2.38 bits per heavy atom. The minimum atomic E-state index is -2.51. The fourth-order valence-electron chi connectivity index (χ4n) is 1.67. The minimum absolute atomic E-state index is 0.268. The molecule has 0 aliphatic carbocycles. The monoisotopic (exact) mass is 240 g/mol. The van der Waals surface area contributed by atoms with Crippen LogP contribution in [0.3, 0.4) is 0 Å². The molecule has 1 N–H and O–H groups in total. The summed E-state index contributed by atoms with van der Waals surface area (Å²) in [5.41, 5.74) is 0.802. The second-order valence-corrected chi connectivity index (χ2v) is 4.76. The zero-order valence-electron chi connectivity index (χ0n) is 8.81. The number of hydrogen-bond donors (Lipinski definition) is 2. The van der Waals surface area contributed by atoms with E-state index in [4.69, 9.17) is 4.74 Å². The molecule has 1 aromatic rings. The normalized spacial score (nSPS) is 20.2. The van der Waals surface area contributed by atoms with Gasteiger partial charge in [0.2, 0.25) is 0 Å². The maximum atomic E-state index is 10.7. The highest BCUT2D eigenvalue weighted by Gasteiger charge is 2.14. The molecule has 0 spiro atoms. The molecule has 0 aromatic heterocycles. The fraction of sp³-hybridized carbons (Fsp3) is 0.455. The molecule has 1 fully saturated rings. The second kappa shape index (κ2) is 5.32. The largest absolute Gasteiger partial charge is 0.382 e. The van der Waals surface area contributed by atoms with Crippen LogP contribution in [-0.4, -0.2) is 27.7 Å². The zero-order chi connectivity index (χ0) is 11.4. The average Bonchev–Trinajstić information content (AvgIpc) is 2.80. The number of ether oxygens (including phenoxy) is 1. The van der Waals surface area contributed by atoms with Crippen LogP contribution in [0.25, 0.3) is 0 Å². The summed E-state index contributed by atoms with van der Waals surface area (Å²) in [6.07, 6.45) is 2.47. The lowest BCUT2D eigenvalue weighted by atomic mass is 10.2. The van der Waals surface area contributed by atoms with Gasteiger partial charge in [0.1, 0.15) is 0 Å². The maximum absolute atomic E-state index is 10.7. The second-order valence-electron chi connectivity index (χ2n) is 3.73. The van der Waals surface area contributed by atoms with Crippen LogP contribution in [0.2, 0.25) is 0 Å². The predicted octanol–water partition coefficient (Wildman–Crippen LogP) is 1.05. The van der Waals surface area contributed by atoms with Gasteiger partial charge in [0.25, 0.3) is 0 Å². The van der Waals surface area contributed by atoms with Crippen molar-refractivity contribution in [3.63, 3.8) is 0 Å². The van der Waals surface area contributed by atoms with Gasteiger partial charge in [-0.05, 0) is 31.0 Å². The highest BCUT2D eigenvalue weighted by Crippen LogP contribution is 2.14. The van der Waals surface area contributed by atoms with E-state index in [2.05, 4.69) is 11.4 Å². The molecule has 5 heteroatoms. The molecule has 0 bridgehead atoms. The molecular formula is C11H14NO3S. The number of hydrogen-bond acceptors (Lipinski definition) is 4. The third-order valence-electron chi connectivity index (χ3n) is 2.55. The highest BCUT2D eigenvalue weighted by atomic mass is 32.2. The number of thiol groups is 1. The average molecular weight is 240 g/mol. The predicted molar refractivity (Wildman–Crippen MR) is 61.3 cm³/mol. The van der Waals surface area contributed by atoms with Crippen molar-refractivity contribution in [2.24, 2.45) is 0 Å². The van der Waals surface area contributed by atoms with Crippen LogP contribution < -0.4 is 5.32 Å². The van der Waals surface area contributed by atoms with Crippen LogP contribution in [0.5, 0.6) is 0 Å². The third kappa shape index (κ3) is 2.96. The van der Waals surface area contributed by atoms with Gasteiger partial charge in [0, 0.05) is 24.9 Å². The smallest absolute Gasteiger partial charge is 0.168 e. The molecule has 1 atom stereocenters. The van der Waals surface area contributed by atoms with Crippen molar-refractivity contribution in [3.8, 4) is 0 Å². The molecular weight excluding hydrogens is 226 g/mol. The lowest BCUT2D eigenvalue weighted by Crippen LogP contribution is -2.18. The summed E-state index contributed by atoms with van der Waals surface area (Å²) in [6, 6.07) is 7.65. The lowest BCUT2D eigenvalue weighted by molar-refractivity contribution is 0.120. The first-order valence-electron chi connectivity index (χ1n) is 5.27. The van der Waals surface area contributed by atoms with Crippen molar-refractivity contribution >= 4 is 16.4 Å². The van der Waals surface area contributed by atoms with Crippen LogP contribution in [-0.2, 0) is 15.4 Å². The first-order chi connectivity index (χ1) is 7.75. The first kappa shape index (κ1) is 11.4. The van der Waals surface area contributed by atoms with Crippen LogP contribution in [0.4, 0.5) is 5.69 Å². The quantitative estimate of drug-likeness (QED) is 0.772. The zero-order valence-corrected chi connectivity index (χ0v) is 9.70. The number of benzene rings is 1. The first-order valence-corrected chi connectivity index (χ1v) is 6.45. The molecule has 87 valence electrons. The van der Waals surface area contributed by atoms with Crippen molar-refractivity contribution in [3.05, 3.63) is 24.3 Å². The van der Waals surface area contributed by atoms with Gasteiger partial charge >= 0.3 is 0 Å². The number of rotatable bonds is 4. The Hall–Kier alpha value is -1.07. The Morgan fingerprint density at radius 1 is 1.50 bits per heavy atom. The molecule has 2 rings (SSSR count). The van der Waals surface area contributed by atoms with Crippen LogP contribution in [0, 0.1) is 6.07 Å². The van der Waals surface area contributed by atoms with E-state index in [9.17, 15) is 8.42 Å². The Bertz CT molecular complexity index is 400. The molecule has 1 radical (unpaired) electrons. The molecule has 0 saturated carbocycles. The van der Waals surface area contributed by atoms with Crippen molar-refractivity contribution in [1.29, 1.82) is 0 Å². The molecule has 1 unspecified atom stereocenters. The Morgan fingerprint density at radius 3 is 2.94 bits per heavy atom. The van der Waals surface area contributed by atoms with E-state index in [0.717, 1.165) is 31.7 Å². The number of nitrogens with one attached hydrogen (secondary N) is 1. The number of anilines is 1. The van der Waals surface area contributed by atoms with E-state index in [0.29, 0.717) is 0 Å². The van der Waals surface area contributed by atoms with Gasteiger partial charge in [-0.1, -0.05) is 0 Å². The van der Waals surface area contributed by atoms with Crippen LogP contribution >= 0.6 is 0 Å². The van der Waals surface area contributed by atoms with Gasteiger partial charge in [0.05, 0.1) is 11.0 Å². The molecule has 4 nitrogen and oxygen atoms in total. The summed E-state index contributed by atoms with van der Waals surface area (Å²) in [5.74, 6) is 0. The standard InChI is InChI=1S/C11H14NO3S/c13-16(14)11-5-3-9(4-6-11)12-8-10-2-1-7-15-10/h3,5-6,10,12,16H,1-2,7-8H2. The molecule has 16 heavy (non-hydrogen) atoms. The van der Waals surface area contributed by atoms with Crippen molar-refractivity contribution in [2.75, 3.05) is 18.5 Å². The molecule has 1 saturated heterocycles. The summed E-state index contributed by atoms with van der Waals surface area (Å²) >= 11 is 0. The topological polar surface area (TPSA) is 55.4 Å². The highest BCUT2D eigenvalue weighted by molar-refractivity contribution is 7.72. The van der Waals surface area contributed by atoms with E-state index in [-0.39, 0.29) is 11.0 Å². The van der Waals surface area contributed by atoms with Gasteiger partial charge in [0.15, 0.2) is 10.7 Å². The van der Waals surface area contributed by atoms with Gasteiger partial charge in [-0.15, -0.1) is 0 Å². The summed E-state index contributed by atoms with van der Waals surface area (Å²) in [5, 5.41) is 3.18. The van der Waals surface area contributed by atoms with Gasteiger partial charge in [-0.3, -0.25) is 0 Å². The van der Waals surface area contributed by atoms with Crippen LogP contribution in [0.15, 0.2) is 23.1 Å². The molecule has 1 aliphatic heterocycles.